The van der Waals surface area contributed by atoms with Gasteiger partial charge in [0.05, 0.1) is 18.5 Å². The molecule has 0 saturated carbocycles. The molecule has 0 aliphatic rings. The first-order valence-corrected chi connectivity index (χ1v) is 9.59. The number of benzene rings is 1. The Labute approximate surface area is 170 Å². The second kappa shape index (κ2) is 9.68. The van der Waals surface area contributed by atoms with E-state index in [2.05, 4.69) is 27.1 Å². The summed E-state index contributed by atoms with van der Waals surface area (Å²) in [5.41, 5.74) is 2.13. The molecule has 0 unspecified atom stereocenters. The highest BCUT2D eigenvalue weighted by Gasteiger charge is 2.14. The molecule has 0 amide bonds. The maximum absolute atomic E-state index is 12.5. The first kappa shape index (κ1) is 20.3. The van der Waals surface area contributed by atoms with Crippen LogP contribution in [0.1, 0.15) is 13.3 Å². The van der Waals surface area contributed by atoms with Crippen LogP contribution in [0, 0.1) is 0 Å². The molecule has 3 aromatic rings. The predicted octanol–water partition coefficient (Wildman–Crippen LogP) is 2.57. The van der Waals surface area contributed by atoms with Crippen LogP contribution in [0.3, 0.4) is 0 Å². The number of ether oxygens (including phenoxy) is 1. The highest BCUT2D eigenvalue weighted by Crippen LogP contribution is 2.17. The van der Waals surface area contributed by atoms with E-state index in [0.717, 1.165) is 37.5 Å². The van der Waals surface area contributed by atoms with Crippen molar-refractivity contribution in [3.8, 4) is 17.1 Å². The minimum absolute atomic E-state index is 0.113. The van der Waals surface area contributed by atoms with E-state index < -0.39 is 0 Å². The molecule has 8 nitrogen and oxygen atoms in total. The van der Waals surface area contributed by atoms with Crippen LogP contribution in [0.25, 0.3) is 11.4 Å². The summed E-state index contributed by atoms with van der Waals surface area (Å²) in [6.45, 7) is 4.38. The Hall–Kier alpha value is -3.42. The fourth-order valence-corrected chi connectivity index (χ4v) is 2.99. The normalized spacial score (nSPS) is 10.6. The summed E-state index contributed by atoms with van der Waals surface area (Å²) >= 11 is 0. The molecule has 0 bridgehead atoms. The zero-order valence-electron chi connectivity index (χ0n) is 17.0. The zero-order chi connectivity index (χ0) is 20.6. The molecule has 2 aromatic heterocycles. The lowest BCUT2D eigenvalue weighted by Crippen LogP contribution is -2.33. The quantitative estimate of drug-likeness (QED) is 0.558. The van der Waals surface area contributed by atoms with Crippen LogP contribution >= 0.6 is 0 Å². The summed E-state index contributed by atoms with van der Waals surface area (Å²) in [4.78, 5) is 27.4. The number of hydrogen-bond donors (Lipinski definition) is 1. The van der Waals surface area contributed by atoms with Gasteiger partial charge in [-0.15, -0.1) is 0 Å². The van der Waals surface area contributed by atoms with Crippen LogP contribution in [-0.4, -0.2) is 46.3 Å². The van der Waals surface area contributed by atoms with Crippen molar-refractivity contribution in [1.29, 1.82) is 0 Å². The van der Waals surface area contributed by atoms with Crippen LogP contribution in [0.2, 0.25) is 0 Å². The Morgan fingerprint density at radius 1 is 1.17 bits per heavy atom. The fourth-order valence-electron chi connectivity index (χ4n) is 2.99. The molecule has 152 valence electrons. The van der Waals surface area contributed by atoms with Crippen LogP contribution < -0.4 is 20.5 Å². The van der Waals surface area contributed by atoms with Gasteiger partial charge < -0.3 is 15.0 Å². The molecule has 0 spiro atoms. The third-order valence-corrected chi connectivity index (χ3v) is 4.64. The largest absolute Gasteiger partial charge is 0.497 e. The number of methoxy groups -OCH3 is 1. The Kier molecular flexibility index (Phi) is 6.78. The van der Waals surface area contributed by atoms with E-state index in [1.807, 2.05) is 24.3 Å². The van der Waals surface area contributed by atoms with E-state index in [0.29, 0.717) is 17.3 Å². The molecule has 8 heteroatoms. The van der Waals surface area contributed by atoms with Crippen molar-refractivity contribution in [2.75, 3.05) is 37.0 Å². The Morgan fingerprint density at radius 3 is 2.62 bits per heavy atom. The summed E-state index contributed by atoms with van der Waals surface area (Å²) in [6, 6.07) is 11.1. The van der Waals surface area contributed by atoms with Crippen LogP contribution in [0.15, 0.2) is 53.7 Å². The molecule has 0 saturated heterocycles. The maximum Gasteiger partial charge on any atom is 0.255 e. The van der Waals surface area contributed by atoms with E-state index in [9.17, 15) is 4.79 Å². The zero-order valence-corrected chi connectivity index (χ0v) is 17.0. The number of rotatable bonds is 9. The van der Waals surface area contributed by atoms with Gasteiger partial charge in [-0.3, -0.25) is 9.36 Å². The molecule has 29 heavy (non-hydrogen) atoms. The topological polar surface area (TPSA) is 85.2 Å². The minimum Gasteiger partial charge on any atom is -0.497 e. The van der Waals surface area contributed by atoms with E-state index in [1.54, 1.807) is 31.0 Å². The maximum atomic E-state index is 12.5. The van der Waals surface area contributed by atoms with Gasteiger partial charge in [-0.2, -0.15) is 0 Å². The van der Waals surface area contributed by atoms with Crippen LogP contribution in [0.4, 0.5) is 11.6 Å². The van der Waals surface area contributed by atoms with E-state index in [4.69, 9.17) is 9.72 Å². The van der Waals surface area contributed by atoms with Gasteiger partial charge in [0.1, 0.15) is 12.1 Å². The number of hydrogen-bond acceptors (Lipinski definition) is 7. The second-order valence-corrected chi connectivity index (χ2v) is 6.52. The third-order valence-electron chi connectivity index (χ3n) is 4.64. The van der Waals surface area contributed by atoms with Gasteiger partial charge >= 0.3 is 0 Å². The summed E-state index contributed by atoms with van der Waals surface area (Å²) in [6.07, 6.45) is 3.99. The fraction of sp³-hybridized carbons (Fsp3) is 0.333. The molecular weight excluding hydrogens is 368 g/mol. The third kappa shape index (κ3) is 5.10. The summed E-state index contributed by atoms with van der Waals surface area (Å²) in [5.74, 6) is 1.47. The molecular formula is C21H26N6O2. The summed E-state index contributed by atoms with van der Waals surface area (Å²) in [5, 5.41) is 3.40. The van der Waals surface area contributed by atoms with Crippen LogP contribution in [-0.2, 0) is 7.05 Å². The highest BCUT2D eigenvalue weighted by atomic mass is 16.5. The molecule has 0 aliphatic heterocycles. The van der Waals surface area contributed by atoms with Crippen molar-refractivity contribution in [2.24, 2.45) is 7.05 Å². The number of anilines is 2. The van der Waals surface area contributed by atoms with Gasteiger partial charge in [0.25, 0.3) is 5.56 Å². The van der Waals surface area contributed by atoms with E-state index in [-0.39, 0.29) is 5.56 Å². The molecule has 2 heterocycles. The Balaban J connectivity index is 1.67. The van der Waals surface area contributed by atoms with Gasteiger partial charge in [0.2, 0.25) is 5.95 Å². The standard InChI is InChI=1S/C21H26N6O2/c1-4-27(13-5-11-23-16-6-8-17(29-3)9-7-16)21-25-19(14-20(28)26(21)2)18-10-12-22-15-24-18/h6-10,12,14-15,23H,4-5,11,13H2,1-3H3. The summed E-state index contributed by atoms with van der Waals surface area (Å²) in [7, 11) is 3.40. The van der Waals surface area contributed by atoms with E-state index >= 15 is 0 Å². The van der Waals surface area contributed by atoms with E-state index in [1.165, 1.54) is 12.4 Å². The molecule has 3 rings (SSSR count). The van der Waals surface area contributed by atoms with Crippen molar-refractivity contribution < 1.29 is 4.74 Å². The monoisotopic (exact) mass is 394 g/mol. The molecule has 0 atom stereocenters. The van der Waals surface area contributed by atoms with Crippen molar-refractivity contribution >= 4 is 11.6 Å². The first-order chi connectivity index (χ1) is 14.1. The second-order valence-electron chi connectivity index (χ2n) is 6.52. The minimum atomic E-state index is -0.113. The van der Waals surface area contributed by atoms with Crippen molar-refractivity contribution in [3.63, 3.8) is 0 Å². The lowest BCUT2D eigenvalue weighted by atomic mass is 10.3. The average molecular weight is 394 g/mol. The van der Waals surface area contributed by atoms with Crippen molar-refractivity contribution in [1.82, 2.24) is 19.5 Å². The molecule has 0 aliphatic carbocycles. The van der Waals surface area contributed by atoms with Gasteiger partial charge in [-0.25, -0.2) is 15.0 Å². The molecule has 1 aromatic carbocycles. The number of nitrogens with zero attached hydrogens (tertiary/aromatic N) is 5. The molecule has 1 N–H and O–H groups in total. The van der Waals surface area contributed by atoms with Crippen molar-refractivity contribution in [2.45, 2.75) is 13.3 Å². The number of nitrogens with one attached hydrogen (secondary N) is 1. The molecule has 0 fully saturated rings. The van der Waals surface area contributed by atoms with Crippen LogP contribution in [0.5, 0.6) is 5.75 Å². The average Bonchev–Trinajstić information content (AvgIpc) is 2.77. The van der Waals surface area contributed by atoms with Gasteiger partial charge in [0.15, 0.2) is 0 Å². The lowest BCUT2D eigenvalue weighted by molar-refractivity contribution is 0.415. The van der Waals surface area contributed by atoms with Gasteiger partial charge in [-0.05, 0) is 43.7 Å². The lowest BCUT2D eigenvalue weighted by Gasteiger charge is -2.24. The van der Waals surface area contributed by atoms with Crippen molar-refractivity contribution in [3.05, 3.63) is 59.3 Å². The highest BCUT2D eigenvalue weighted by molar-refractivity contribution is 5.55. The predicted molar refractivity (Wildman–Crippen MR) is 114 cm³/mol. The smallest absolute Gasteiger partial charge is 0.255 e. The number of aromatic nitrogens is 4. The SMILES string of the molecule is CCN(CCCNc1ccc(OC)cc1)c1nc(-c2ccncn2)cc(=O)n1C. The molecule has 0 radical (unpaired) electrons. The van der Waals surface area contributed by atoms with Gasteiger partial charge in [-0.1, -0.05) is 0 Å². The van der Waals surface area contributed by atoms with Gasteiger partial charge in [0, 0.05) is 44.6 Å². The summed E-state index contributed by atoms with van der Waals surface area (Å²) < 4.78 is 6.75. The Bertz CT molecular complexity index is 973. The Morgan fingerprint density at radius 2 is 1.97 bits per heavy atom. The first-order valence-electron chi connectivity index (χ1n) is 9.59.